The molecule has 1 heterocycles. The van der Waals surface area contributed by atoms with E-state index in [1.54, 1.807) is 24.3 Å². The van der Waals surface area contributed by atoms with Gasteiger partial charge in [-0.2, -0.15) is 0 Å². The Morgan fingerprint density at radius 2 is 2.16 bits per heavy atom. The molecule has 6 heteroatoms. The second-order valence-corrected chi connectivity index (χ2v) is 4.85. The van der Waals surface area contributed by atoms with E-state index in [2.05, 4.69) is 5.32 Å². The van der Waals surface area contributed by atoms with Crippen LogP contribution in [-0.2, 0) is 4.79 Å². The normalized spacial score (nSPS) is 18.4. The van der Waals surface area contributed by atoms with E-state index in [1.165, 1.54) is 4.90 Å². The van der Waals surface area contributed by atoms with Crippen LogP contribution in [0.5, 0.6) is 0 Å². The first-order valence-electron chi connectivity index (χ1n) is 6.06. The zero-order valence-corrected chi connectivity index (χ0v) is 11.1. The summed E-state index contributed by atoms with van der Waals surface area (Å²) in [6.45, 7) is 0.777. The fourth-order valence-corrected chi connectivity index (χ4v) is 2.20. The largest absolute Gasteiger partial charge is 0.391 e. The van der Waals surface area contributed by atoms with Crippen LogP contribution in [0.2, 0.25) is 5.02 Å². The van der Waals surface area contributed by atoms with E-state index in [-0.39, 0.29) is 18.4 Å². The minimum atomic E-state index is -0.455. The topological polar surface area (TPSA) is 69.6 Å². The van der Waals surface area contributed by atoms with Gasteiger partial charge in [0.25, 0.3) is 5.91 Å². The van der Waals surface area contributed by atoms with Crippen molar-refractivity contribution in [3.05, 3.63) is 34.9 Å². The van der Waals surface area contributed by atoms with Gasteiger partial charge < -0.3 is 15.3 Å². The fraction of sp³-hybridized carbons (Fsp3) is 0.385. The molecule has 1 aliphatic heterocycles. The molecule has 1 fully saturated rings. The van der Waals surface area contributed by atoms with Crippen molar-refractivity contribution in [2.45, 2.75) is 12.5 Å². The van der Waals surface area contributed by atoms with Crippen molar-refractivity contribution in [3.8, 4) is 0 Å². The lowest BCUT2D eigenvalue weighted by Gasteiger charge is -2.15. The summed E-state index contributed by atoms with van der Waals surface area (Å²) < 4.78 is 0. The predicted molar refractivity (Wildman–Crippen MR) is 71.0 cm³/mol. The molecular weight excluding hydrogens is 268 g/mol. The molecule has 1 saturated heterocycles. The van der Waals surface area contributed by atoms with Crippen LogP contribution in [0, 0.1) is 0 Å². The number of carbonyl (C=O) groups is 2. The summed E-state index contributed by atoms with van der Waals surface area (Å²) in [4.78, 5) is 25.2. The Morgan fingerprint density at radius 3 is 2.79 bits per heavy atom. The molecule has 2 N–H and O–H groups in total. The second kappa shape index (κ2) is 6.04. The van der Waals surface area contributed by atoms with Crippen LogP contribution >= 0.6 is 11.6 Å². The van der Waals surface area contributed by atoms with E-state index < -0.39 is 6.10 Å². The maximum absolute atomic E-state index is 11.8. The number of benzene rings is 1. The first kappa shape index (κ1) is 13.8. The summed E-state index contributed by atoms with van der Waals surface area (Å²) in [7, 11) is 0. The number of aliphatic hydroxyl groups is 1. The summed E-state index contributed by atoms with van der Waals surface area (Å²) in [6.07, 6.45) is 0.132. The summed E-state index contributed by atoms with van der Waals surface area (Å²) in [6, 6.07) is 6.66. The Morgan fingerprint density at radius 1 is 1.42 bits per heavy atom. The van der Waals surface area contributed by atoms with Crippen LogP contribution in [0.1, 0.15) is 16.8 Å². The fourth-order valence-electron chi connectivity index (χ4n) is 1.98. The maximum atomic E-state index is 11.8. The minimum absolute atomic E-state index is 0.0865. The van der Waals surface area contributed by atoms with E-state index in [9.17, 15) is 14.7 Å². The number of hydrogen-bond donors (Lipinski definition) is 2. The molecule has 0 aliphatic carbocycles. The highest BCUT2D eigenvalue weighted by Gasteiger charge is 2.24. The predicted octanol–water partition coefficient (Wildman–Crippen LogP) is 0.663. The number of likely N-dealkylation sites (tertiary alicyclic amines) is 1. The van der Waals surface area contributed by atoms with Crippen molar-refractivity contribution in [1.82, 2.24) is 10.2 Å². The minimum Gasteiger partial charge on any atom is -0.391 e. The smallest absolute Gasteiger partial charge is 0.253 e. The van der Waals surface area contributed by atoms with Gasteiger partial charge in [-0.05, 0) is 18.6 Å². The average Bonchev–Trinajstić information content (AvgIpc) is 2.83. The summed E-state index contributed by atoms with van der Waals surface area (Å²) in [5.41, 5.74) is 0.346. The molecular formula is C13H15ClN2O3. The number of nitrogens with zero attached hydrogens (tertiary/aromatic N) is 1. The molecule has 1 aliphatic rings. The number of amides is 2. The monoisotopic (exact) mass is 282 g/mol. The third-order valence-corrected chi connectivity index (χ3v) is 3.36. The standard InChI is InChI=1S/C13H15ClN2O3/c14-11-4-2-1-3-10(11)13(19)15-7-12(18)16-6-5-9(17)8-16/h1-4,9,17H,5-8H2,(H,15,19)/t9-/m0/s1. The van der Waals surface area contributed by atoms with Gasteiger partial charge in [0.15, 0.2) is 0 Å². The molecule has 0 radical (unpaired) electrons. The van der Waals surface area contributed by atoms with Gasteiger partial charge in [0.2, 0.25) is 5.91 Å². The van der Waals surface area contributed by atoms with Crippen LogP contribution in [-0.4, -0.2) is 47.6 Å². The first-order chi connectivity index (χ1) is 9.08. The van der Waals surface area contributed by atoms with E-state index in [4.69, 9.17) is 11.6 Å². The number of nitrogens with one attached hydrogen (secondary N) is 1. The molecule has 5 nitrogen and oxygen atoms in total. The molecule has 2 amide bonds. The Hall–Kier alpha value is -1.59. The highest BCUT2D eigenvalue weighted by atomic mass is 35.5. The van der Waals surface area contributed by atoms with Gasteiger partial charge in [0, 0.05) is 13.1 Å². The van der Waals surface area contributed by atoms with Gasteiger partial charge >= 0.3 is 0 Å². The zero-order chi connectivity index (χ0) is 13.8. The summed E-state index contributed by atoms with van der Waals surface area (Å²) in [5.74, 6) is -0.573. The van der Waals surface area contributed by atoms with Crippen molar-refractivity contribution < 1.29 is 14.7 Å². The van der Waals surface area contributed by atoms with Crippen molar-refractivity contribution in [1.29, 1.82) is 0 Å². The van der Waals surface area contributed by atoms with Crippen molar-refractivity contribution in [2.24, 2.45) is 0 Å². The Labute approximate surface area is 116 Å². The summed E-state index contributed by atoms with van der Waals surface area (Å²) in [5, 5.41) is 12.2. The molecule has 0 spiro atoms. The third kappa shape index (κ3) is 3.45. The molecule has 0 saturated carbocycles. The van der Waals surface area contributed by atoms with Gasteiger partial charge in [-0.1, -0.05) is 23.7 Å². The van der Waals surface area contributed by atoms with E-state index in [1.807, 2.05) is 0 Å². The highest BCUT2D eigenvalue weighted by Crippen LogP contribution is 2.14. The molecule has 1 aromatic rings. The van der Waals surface area contributed by atoms with Gasteiger partial charge in [-0.25, -0.2) is 0 Å². The van der Waals surface area contributed by atoms with Crippen molar-refractivity contribution in [3.63, 3.8) is 0 Å². The Kier molecular flexibility index (Phi) is 4.39. The number of rotatable bonds is 3. The lowest BCUT2D eigenvalue weighted by atomic mass is 10.2. The number of halogens is 1. The molecule has 0 unspecified atom stereocenters. The SMILES string of the molecule is O=C(NCC(=O)N1CC[C@H](O)C1)c1ccccc1Cl. The van der Waals surface area contributed by atoms with Crippen LogP contribution in [0.4, 0.5) is 0 Å². The van der Waals surface area contributed by atoms with Crippen molar-refractivity contribution >= 4 is 23.4 Å². The molecule has 19 heavy (non-hydrogen) atoms. The van der Waals surface area contributed by atoms with Crippen LogP contribution in [0.15, 0.2) is 24.3 Å². The second-order valence-electron chi connectivity index (χ2n) is 4.44. The lowest BCUT2D eigenvalue weighted by Crippen LogP contribution is -2.39. The zero-order valence-electron chi connectivity index (χ0n) is 10.3. The molecule has 102 valence electrons. The number of carbonyl (C=O) groups excluding carboxylic acids is 2. The van der Waals surface area contributed by atoms with E-state index in [0.717, 1.165) is 0 Å². The Bertz CT molecular complexity index is 493. The quantitative estimate of drug-likeness (QED) is 0.856. The van der Waals surface area contributed by atoms with Gasteiger partial charge in [0.1, 0.15) is 0 Å². The Balaban J connectivity index is 1.87. The first-order valence-corrected chi connectivity index (χ1v) is 6.44. The van der Waals surface area contributed by atoms with Crippen LogP contribution in [0.25, 0.3) is 0 Å². The molecule has 0 aromatic heterocycles. The van der Waals surface area contributed by atoms with Crippen LogP contribution < -0.4 is 5.32 Å². The van der Waals surface area contributed by atoms with E-state index >= 15 is 0 Å². The average molecular weight is 283 g/mol. The molecule has 1 atom stereocenters. The van der Waals surface area contributed by atoms with Gasteiger partial charge in [-0.15, -0.1) is 0 Å². The van der Waals surface area contributed by atoms with Crippen molar-refractivity contribution in [2.75, 3.05) is 19.6 Å². The molecule has 0 bridgehead atoms. The highest BCUT2D eigenvalue weighted by molar-refractivity contribution is 6.33. The number of β-amino-alcohol motifs (C(OH)–C–C–N with tert-alkyl or cyclic N) is 1. The van der Waals surface area contributed by atoms with Crippen LogP contribution in [0.3, 0.4) is 0 Å². The third-order valence-electron chi connectivity index (χ3n) is 3.03. The van der Waals surface area contributed by atoms with Gasteiger partial charge in [-0.3, -0.25) is 9.59 Å². The van der Waals surface area contributed by atoms with E-state index in [0.29, 0.717) is 30.1 Å². The molecule has 2 rings (SSSR count). The number of hydrogen-bond acceptors (Lipinski definition) is 3. The van der Waals surface area contributed by atoms with Gasteiger partial charge in [0.05, 0.1) is 23.2 Å². The molecule has 1 aromatic carbocycles. The lowest BCUT2D eigenvalue weighted by molar-refractivity contribution is -0.129. The number of aliphatic hydroxyl groups excluding tert-OH is 1. The summed E-state index contributed by atoms with van der Waals surface area (Å²) >= 11 is 5.89. The maximum Gasteiger partial charge on any atom is 0.253 e.